The van der Waals surface area contributed by atoms with Gasteiger partial charge in [0.25, 0.3) is 0 Å². The van der Waals surface area contributed by atoms with Gasteiger partial charge < -0.3 is 10.2 Å². The van der Waals surface area contributed by atoms with Gasteiger partial charge in [-0.05, 0) is 60.3 Å². The molecule has 1 aromatic heterocycles. The Morgan fingerprint density at radius 1 is 1.39 bits per heavy atom. The van der Waals surface area contributed by atoms with E-state index in [0.717, 1.165) is 36.6 Å². The van der Waals surface area contributed by atoms with E-state index >= 15 is 0 Å². The van der Waals surface area contributed by atoms with Gasteiger partial charge >= 0.3 is 0 Å². The van der Waals surface area contributed by atoms with Crippen molar-refractivity contribution in [2.75, 3.05) is 11.9 Å². The highest BCUT2D eigenvalue weighted by Crippen LogP contribution is 2.36. The fraction of sp³-hybridized carbons (Fsp3) is 0.353. The fourth-order valence-corrected chi connectivity index (χ4v) is 4.71. The smallest absolute Gasteiger partial charge is 0.173 e. The first-order valence-electron chi connectivity index (χ1n) is 7.69. The summed E-state index contributed by atoms with van der Waals surface area (Å²) in [6, 6.07) is 8.00. The first-order chi connectivity index (χ1) is 11.1. The molecule has 0 amide bonds. The first kappa shape index (κ1) is 17.0. The van der Waals surface area contributed by atoms with Crippen molar-refractivity contribution in [3.63, 3.8) is 0 Å². The molecule has 1 aliphatic heterocycles. The van der Waals surface area contributed by atoms with E-state index in [1.54, 1.807) is 6.07 Å². The van der Waals surface area contributed by atoms with Crippen LogP contribution in [0.15, 0.2) is 29.6 Å². The third-order valence-corrected chi connectivity index (χ3v) is 5.97. The van der Waals surface area contributed by atoms with Gasteiger partial charge in [-0.25, -0.2) is 0 Å². The van der Waals surface area contributed by atoms with E-state index in [4.69, 9.17) is 35.4 Å². The number of nitrogens with zero attached hydrogens (tertiary/aromatic N) is 1. The maximum atomic E-state index is 6.25. The van der Waals surface area contributed by atoms with Crippen molar-refractivity contribution < 1.29 is 0 Å². The molecule has 1 N–H and O–H groups in total. The van der Waals surface area contributed by atoms with Crippen LogP contribution >= 0.6 is 46.8 Å². The van der Waals surface area contributed by atoms with Crippen molar-refractivity contribution in [2.24, 2.45) is 0 Å². The maximum absolute atomic E-state index is 6.25. The Balaban J connectivity index is 1.81. The highest BCUT2D eigenvalue weighted by Gasteiger charge is 2.29. The molecule has 23 heavy (non-hydrogen) atoms. The molecular weight excluding hydrogens is 367 g/mol. The van der Waals surface area contributed by atoms with E-state index in [2.05, 4.69) is 28.6 Å². The molecule has 6 heteroatoms. The number of halogens is 2. The predicted molar refractivity (Wildman–Crippen MR) is 105 cm³/mol. The van der Waals surface area contributed by atoms with Gasteiger partial charge in [0.1, 0.15) is 0 Å². The molecule has 0 unspecified atom stereocenters. The minimum atomic E-state index is 0.348. The Bertz CT molecular complexity index is 714. The number of benzene rings is 1. The van der Waals surface area contributed by atoms with Gasteiger partial charge in [-0.1, -0.05) is 36.5 Å². The van der Waals surface area contributed by atoms with Crippen molar-refractivity contribution in [3.05, 3.63) is 50.1 Å². The number of hydrogen-bond donors (Lipinski definition) is 1. The van der Waals surface area contributed by atoms with E-state index in [1.165, 1.54) is 10.4 Å². The van der Waals surface area contributed by atoms with Crippen molar-refractivity contribution in [1.82, 2.24) is 4.90 Å². The minimum Gasteiger partial charge on any atom is -0.342 e. The normalized spacial score (nSPS) is 17.0. The molecule has 2 heterocycles. The molecule has 0 saturated heterocycles. The second kappa shape index (κ2) is 7.39. The summed E-state index contributed by atoms with van der Waals surface area (Å²) in [5, 5.41) is 7.40. The summed E-state index contributed by atoms with van der Waals surface area (Å²) in [6.45, 7) is 3.15. The Hall–Kier alpha value is -0.810. The van der Waals surface area contributed by atoms with Crippen molar-refractivity contribution in [2.45, 2.75) is 32.2 Å². The number of hydrogen-bond acceptors (Lipinski definition) is 2. The minimum absolute atomic E-state index is 0.348. The lowest BCUT2D eigenvalue weighted by molar-refractivity contribution is 0.289. The number of thiocarbonyl (C=S) groups is 1. The summed E-state index contributed by atoms with van der Waals surface area (Å²) in [5.74, 6) is 0. The van der Waals surface area contributed by atoms with Crippen LogP contribution in [0, 0.1) is 0 Å². The molecule has 0 fully saturated rings. The molecule has 0 bridgehead atoms. The van der Waals surface area contributed by atoms with Crippen LogP contribution < -0.4 is 5.32 Å². The van der Waals surface area contributed by atoms with Crippen LogP contribution in [0.2, 0.25) is 10.0 Å². The molecule has 1 aromatic carbocycles. The average molecular weight is 385 g/mol. The molecule has 0 radical (unpaired) electrons. The van der Waals surface area contributed by atoms with Gasteiger partial charge in [0, 0.05) is 16.4 Å². The van der Waals surface area contributed by atoms with E-state index in [-0.39, 0.29) is 0 Å². The van der Waals surface area contributed by atoms with Gasteiger partial charge in [-0.3, -0.25) is 0 Å². The molecule has 0 spiro atoms. The maximum Gasteiger partial charge on any atom is 0.173 e. The van der Waals surface area contributed by atoms with Crippen LogP contribution in [-0.2, 0) is 6.42 Å². The van der Waals surface area contributed by atoms with Gasteiger partial charge in [0.05, 0.1) is 16.8 Å². The van der Waals surface area contributed by atoms with Crippen molar-refractivity contribution >= 4 is 57.6 Å². The van der Waals surface area contributed by atoms with Crippen LogP contribution in [0.3, 0.4) is 0 Å². The lowest BCUT2D eigenvalue weighted by atomic mass is 9.96. The van der Waals surface area contributed by atoms with Gasteiger partial charge in [-0.2, -0.15) is 0 Å². The summed E-state index contributed by atoms with van der Waals surface area (Å²) in [4.78, 5) is 3.78. The quantitative estimate of drug-likeness (QED) is 0.638. The van der Waals surface area contributed by atoms with E-state index in [0.29, 0.717) is 16.1 Å². The van der Waals surface area contributed by atoms with Crippen LogP contribution in [0.4, 0.5) is 5.69 Å². The molecule has 1 atom stereocenters. The van der Waals surface area contributed by atoms with Crippen LogP contribution in [0.5, 0.6) is 0 Å². The standard InChI is InChI=1S/C17H18Cl2N2S2/c1-2-3-15-12-7-9-23-16(12)6-8-21(15)17(22)20-14-5-4-11(18)10-13(14)19/h4-5,7,9-10,15H,2-3,6,8H2,1H3,(H,20,22)/t15-/m1/s1. The summed E-state index contributed by atoms with van der Waals surface area (Å²) in [6.07, 6.45) is 3.27. The molecule has 2 nitrogen and oxygen atoms in total. The topological polar surface area (TPSA) is 15.3 Å². The highest BCUT2D eigenvalue weighted by molar-refractivity contribution is 7.80. The van der Waals surface area contributed by atoms with Crippen LogP contribution in [-0.4, -0.2) is 16.6 Å². The van der Waals surface area contributed by atoms with E-state index in [9.17, 15) is 0 Å². The number of thiophene rings is 1. The fourth-order valence-electron chi connectivity index (χ4n) is 3.00. The van der Waals surface area contributed by atoms with Crippen molar-refractivity contribution in [1.29, 1.82) is 0 Å². The zero-order valence-corrected chi connectivity index (χ0v) is 16.0. The number of fused-ring (bicyclic) bond motifs is 1. The second-order valence-corrected chi connectivity index (χ2v) is 7.83. The highest BCUT2D eigenvalue weighted by atomic mass is 35.5. The third kappa shape index (κ3) is 3.66. The molecule has 0 saturated carbocycles. The van der Waals surface area contributed by atoms with E-state index < -0.39 is 0 Å². The molecular formula is C17H18Cl2N2S2. The summed E-state index contributed by atoms with van der Waals surface area (Å²) < 4.78 is 0. The molecule has 2 aromatic rings. The zero-order chi connectivity index (χ0) is 16.4. The molecule has 122 valence electrons. The molecule has 1 aliphatic rings. The number of nitrogens with one attached hydrogen (secondary N) is 1. The Morgan fingerprint density at radius 2 is 2.22 bits per heavy atom. The number of rotatable bonds is 3. The summed E-state index contributed by atoms with van der Waals surface area (Å²) in [7, 11) is 0. The first-order valence-corrected chi connectivity index (χ1v) is 9.73. The Kier molecular flexibility index (Phi) is 5.47. The van der Waals surface area contributed by atoms with Crippen molar-refractivity contribution in [3.8, 4) is 0 Å². The summed E-state index contributed by atoms with van der Waals surface area (Å²) in [5.41, 5.74) is 2.22. The monoisotopic (exact) mass is 384 g/mol. The predicted octanol–water partition coefficient (Wildman–Crippen LogP) is 6.15. The number of anilines is 1. The van der Waals surface area contributed by atoms with E-state index in [1.807, 2.05) is 23.5 Å². The largest absolute Gasteiger partial charge is 0.342 e. The molecule has 3 rings (SSSR count). The Labute approximate surface area is 156 Å². The third-order valence-electron chi connectivity index (χ3n) is 4.09. The van der Waals surface area contributed by atoms with Crippen LogP contribution in [0.25, 0.3) is 0 Å². The Morgan fingerprint density at radius 3 is 2.96 bits per heavy atom. The van der Waals surface area contributed by atoms with Gasteiger partial charge in [-0.15, -0.1) is 11.3 Å². The summed E-state index contributed by atoms with van der Waals surface area (Å²) >= 11 is 19.7. The SMILES string of the molecule is CCC[C@@H]1c2ccsc2CCN1C(=S)Nc1ccc(Cl)cc1Cl. The van der Waals surface area contributed by atoms with Gasteiger partial charge in [0.2, 0.25) is 0 Å². The average Bonchev–Trinajstić information content (AvgIpc) is 2.99. The second-order valence-electron chi connectivity index (χ2n) is 5.60. The molecule has 0 aliphatic carbocycles. The zero-order valence-electron chi connectivity index (χ0n) is 12.8. The van der Waals surface area contributed by atoms with Gasteiger partial charge in [0.15, 0.2) is 5.11 Å². The lowest BCUT2D eigenvalue weighted by Gasteiger charge is -2.38. The lowest BCUT2D eigenvalue weighted by Crippen LogP contribution is -2.41. The van der Waals surface area contributed by atoms with Crippen LogP contribution in [0.1, 0.15) is 36.2 Å².